The number of nitrogens with zero attached hydrogens (tertiary/aromatic N) is 1. The van der Waals surface area contributed by atoms with E-state index in [2.05, 4.69) is 15.6 Å². The third kappa shape index (κ3) is 2.70. The molecular formula is C16H21N3O3. The number of hydrogen-bond acceptors (Lipinski definition) is 4. The van der Waals surface area contributed by atoms with Crippen LogP contribution in [-0.4, -0.2) is 41.6 Å². The molecule has 0 unspecified atom stereocenters. The molecular weight excluding hydrogens is 282 g/mol. The van der Waals surface area contributed by atoms with Crippen LogP contribution < -0.4 is 10.6 Å². The Kier molecular flexibility index (Phi) is 3.87. The number of carbonyl (C=O) groups is 2. The number of amides is 2. The number of nitrogens with one attached hydrogen (secondary N) is 2. The molecule has 2 N–H and O–H groups in total. The zero-order chi connectivity index (χ0) is 15.9. The fraction of sp³-hybridized carbons (Fsp3) is 0.562. The summed E-state index contributed by atoms with van der Waals surface area (Å²) in [5.41, 5.74) is 2.24. The van der Waals surface area contributed by atoms with Crippen LogP contribution in [0, 0.1) is 19.8 Å². The second kappa shape index (κ2) is 5.68. The van der Waals surface area contributed by atoms with Crippen LogP contribution in [0.2, 0.25) is 0 Å². The fourth-order valence-corrected chi connectivity index (χ4v) is 3.51. The first kappa shape index (κ1) is 15.0. The third-order valence-corrected chi connectivity index (χ3v) is 4.40. The molecule has 6 heteroatoms. The first-order valence-electron chi connectivity index (χ1n) is 7.60. The Labute approximate surface area is 129 Å². The average molecular weight is 303 g/mol. The maximum absolute atomic E-state index is 12.5. The lowest BCUT2D eigenvalue weighted by Crippen LogP contribution is -2.70. The van der Waals surface area contributed by atoms with Gasteiger partial charge in [0.15, 0.2) is 0 Å². The Hall–Kier alpha value is -1.95. The van der Waals surface area contributed by atoms with E-state index in [9.17, 15) is 9.59 Å². The maximum Gasteiger partial charge on any atom is 0.251 e. The molecule has 2 aliphatic rings. The number of ether oxygens (including phenoxy) is 1. The van der Waals surface area contributed by atoms with Crippen LogP contribution in [0.3, 0.4) is 0 Å². The molecule has 2 amide bonds. The predicted molar refractivity (Wildman–Crippen MR) is 80.4 cm³/mol. The molecule has 4 atom stereocenters. The number of hydrogen-bond donors (Lipinski definition) is 2. The molecule has 22 heavy (non-hydrogen) atoms. The van der Waals surface area contributed by atoms with E-state index in [1.165, 1.54) is 6.92 Å². The molecule has 2 fully saturated rings. The molecule has 1 saturated carbocycles. The molecule has 0 aromatic carbocycles. The van der Waals surface area contributed by atoms with Gasteiger partial charge in [-0.25, -0.2) is 0 Å². The minimum absolute atomic E-state index is 0.0233. The number of rotatable bonds is 3. The average Bonchev–Trinajstić information content (AvgIpc) is 2.85. The van der Waals surface area contributed by atoms with Crippen molar-refractivity contribution in [1.82, 2.24) is 15.6 Å². The van der Waals surface area contributed by atoms with Crippen LogP contribution >= 0.6 is 0 Å². The van der Waals surface area contributed by atoms with Gasteiger partial charge in [0.2, 0.25) is 5.91 Å². The second-order valence-electron chi connectivity index (χ2n) is 6.15. The van der Waals surface area contributed by atoms with Gasteiger partial charge in [0.25, 0.3) is 5.91 Å². The van der Waals surface area contributed by atoms with Gasteiger partial charge in [-0.2, -0.15) is 0 Å². The molecule has 1 saturated heterocycles. The Morgan fingerprint density at radius 3 is 2.50 bits per heavy atom. The predicted octanol–water partition coefficient (Wildman–Crippen LogP) is 0.720. The molecule has 2 heterocycles. The summed E-state index contributed by atoms with van der Waals surface area (Å²) in [6, 6.07) is 3.34. The van der Waals surface area contributed by atoms with Crippen LogP contribution in [0.15, 0.2) is 12.1 Å². The van der Waals surface area contributed by atoms with Crippen LogP contribution in [0.1, 0.15) is 35.1 Å². The topological polar surface area (TPSA) is 80.3 Å². The van der Waals surface area contributed by atoms with E-state index in [1.807, 2.05) is 13.8 Å². The Bertz CT molecular complexity index is 596. The number of aromatic nitrogens is 1. The normalized spacial score (nSPS) is 29.4. The van der Waals surface area contributed by atoms with Gasteiger partial charge in [-0.05, 0) is 32.4 Å². The maximum atomic E-state index is 12.5. The van der Waals surface area contributed by atoms with Gasteiger partial charge in [-0.3, -0.25) is 14.6 Å². The first-order valence-corrected chi connectivity index (χ1v) is 7.60. The largest absolute Gasteiger partial charge is 0.376 e. The summed E-state index contributed by atoms with van der Waals surface area (Å²) >= 11 is 0. The molecule has 0 bridgehead atoms. The van der Waals surface area contributed by atoms with Crippen molar-refractivity contribution in [2.75, 3.05) is 6.61 Å². The lowest BCUT2D eigenvalue weighted by Gasteiger charge is -2.47. The number of aryl methyl sites for hydroxylation is 2. The minimum Gasteiger partial charge on any atom is -0.376 e. The van der Waals surface area contributed by atoms with Crippen molar-refractivity contribution in [2.24, 2.45) is 5.92 Å². The van der Waals surface area contributed by atoms with Crippen molar-refractivity contribution < 1.29 is 14.3 Å². The molecule has 6 nitrogen and oxygen atoms in total. The number of carbonyl (C=O) groups excluding carboxylic acids is 2. The van der Waals surface area contributed by atoms with Crippen molar-refractivity contribution in [2.45, 2.75) is 45.4 Å². The molecule has 3 rings (SSSR count). The first-order chi connectivity index (χ1) is 10.5. The summed E-state index contributed by atoms with van der Waals surface area (Å²) in [7, 11) is 0. The summed E-state index contributed by atoms with van der Waals surface area (Å²) in [4.78, 5) is 28.1. The Balaban J connectivity index is 1.73. The van der Waals surface area contributed by atoms with E-state index in [0.29, 0.717) is 12.2 Å². The summed E-state index contributed by atoms with van der Waals surface area (Å²) in [5.74, 6) is 0.0536. The van der Waals surface area contributed by atoms with Crippen LogP contribution in [0.4, 0.5) is 0 Å². The van der Waals surface area contributed by atoms with Gasteiger partial charge in [0, 0.05) is 36.4 Å². The van der Waals surface area contributed by atoms with Crippen molar-refractivity contribution in [3.05, 3.63) is 29.1 Å². The van der Waals surface area contributed by atoms with Crippen molar-refractivity contribution in [3.8, 4) is 0 Å². The standard InChI is InChI=1S/C16H21N3O3/c1-8-6-11(7-9(2)17-8)16(21)19-13-12-4-5-22-15(12)14(13)18-10(3)20/h6-7,12-15H,4-5H2,1-3H3,(H,18,20)(H,19,21)/t12-,13+,14-,15-/m1/s1. The summed E-state index contributed by atoms with van der Waals surface area (Å²) in [6.45, 7) is 5.91. The molecule has 1 aromatic rings. The van der Waals surface area contributed by atoms with Gasteiger partial charge in [0.05, 0.1) is 18.2 Å². The van der Waals surface area contributed by atoms with Crippen molar-refractivity contribution in [3.63, 3.8) is 0 Å². The van der Waals surface area contributed by atoms with E-state index in [1.54, 1.807) is 12.1 Å². The SMILES string of the molecule is CC(=O)N[C@@H]1[C@@H](NC(=O)c2cc(C)nc(C)c2)[C@H]2CCO[C@H]21. The van der Waals surface area contributed by atoms with Crippen molar-refractivity contribution in [1.29, 1.82) is 0 Å². The summed E-state index contributed by atoms with van der Waals surface area (Å²) in [5, 5.41) is 5.94. The van der Waals surface area contributed by atoms with Gasteiger partial charge in [-0.1, -0.05) is 0 Å². The van der Waals surface area contributed by atoms with Gasteiger partial charge >= 0.3 is 0 Å². The van der Waals surface area contributed by atoms with E-state index in [-0.39, 0.29) is 35.9 Å². The Morgan fingerprint density at radius 1 is 1.18 bits per heavy atom. The molecule has 1 aromatic heterocycles. The smallest absolute Gasteiger partial charge is 0.251 e. The second-order valence-corrected chi connectivity index (χ2v) is 6.15. The number of pyridine rings is 1. The van der Waals surface area contributed by atoms with E-state index in [4.69, 9.17) is 4.74 Å². The highest BCUT2D eigenvalue weighted by molar-refractivity contribution is 5.94. The summed E-state index contributed by atoms with van der Waals surface area (Å²) in [6.07, 6.45) is 0.940. The summed E-state index contributed by atoms with van der Waals surface area (Å²) < 4.78 is 5.65. The van der Waals surface area contributed by atoms with Gasteiger partial charge < -0.3 is 15.4 Å². The van der Waals surface area contributed by atoms with E-state index >= 15 is 0 Å². The lowest BCUT2D eigenvalue weighted by atomic mass is 9.71. The van der Waals surface area contributed by atoms with E-state index in [0.717, 1.165) is 17.8 Å². The zero-order valence-corrected chi connectivity index (χ0v) is 13.1. The Morgan fingerprint density at radius 2 is 1.86 bits per heavy atom. The van der Waals surface area contributed by atoms with Crippen molar-refractivity contribution >= 4 is 11.8 Å². The third-order valence-electron chi connectivity index (χ3n) is 4.40. The molecule has 0 radical (unpaired) electrons. The van der Waals surface area contributed by atoms with Crippen LogP contribution in [-0.2, 0) is 9.53 Å². The molecule has 118 valence electrons. The van der Waals surface area contributed by atoms with Crippen LogP contribution in [0.25, 0.3) is 0 Å². The fourth-order valence-electron chi connectivity index (χ4n) is 3.51. The highest BCUT2D eigenvalue weighted by atomic mass is 16.5. The molecule has 0 spiro atoms. The number of fused-ring (bicyclic) bond motifs is 1. The monoisotopic (exact) mass is 303 g/mol. The molecule has 1 aliphatic carbocycles. The molecule has 1 aliphatic heterocycles. The van der Waals surface area contributed by atoms with Gasteiger partial charge in [-0.15, -0.1) is 0 Å². The van der Waals surface area contributed by atoms with Crippen LogP contribution in [0.5, 0.6) is 0 Å². The highest BCUT2D eigenvalue weighted by Gasteiger charge is 2.54. The highest BCUT2D eigenvalue weighted by Crippen LogP contribution is 2.39. The quantitative estimate of drug-likeness (QED) is 0.862. The van der Waals surface area contributed by atoms with E-state index < -0.39 is 0 Å². The van der Waals surface area contributed by atoms with Gasteiger partial charge in [0.1, 0.15) is 0 Å². The minimum atomic E-state index is -0.141. The lowest BCUT2D eigenvalue weighted by molar-refractivity contribution is -0.123. The zero-order valence-electron chi connectivity index (χ0n) is 13.1.